The van der Waals surface area contributed by atoms with Gasteiger partial charge in [0.15, 0.2) is 0 Å². The van der Waals surface area contributed by atoms with E-state index in [1.165, 1.54) is 6.07 Å². The summed E-state index contributed by atoms with van der Waals surface area (Å²) in [6, 6.07) is 3.33. The summed E-state index contributed by atoms with van der Waals surface area (Å²) in [7, 11) is -3.73. The largest absolute Gasteiger partial charge is 0.398 e. The molecule has 0 aliphatic heterocycles. The fourth-order valence-corrected chi connectivity index (χ4v) is 3.18. The second-order valence-electron chi connectivity index (χ2n) is 5.42. The number of benzene rings is 1. The lowest BCUT2D eigenvalue weighted by Crippen LogP contribution is -2.27. The highest BCUT2D eigenvalue weighted by atomic mass is 32.2. The van der Waals surface area contributed by atoms with E-state index < -0.39 is 15.8 Å². The Morgan fingerprint density at radius 2 is 2.11 bits per heavy atom. The van der Waals surface area contributed by atoms with Crippen LogP contribution < -0.4 is 10.5 Å². The zero-order valence-corrected chi connectivity index (χ0v) is 11.2. The van der Waals surface area contributed by atoms with E-state index in [9.17, 15) is 12.8 Å². The van der Waals surface area contributed by atoms with Crippen molar-refractivity contribution < 1.29 is 12.8 Å². The lowest BCUT2D eigenvalue weighted by atomic mass is 10.1. The van der Waals surface area contributed by atoms with Crippen molar-refractivity contribution in [2.45, 2.75) is 25.2 Å². The molecule has 0 aromatic heterocycles. The second-order valence-corrected chi connectivity index (χ2v) is 7.16. The SMILES string of the molecule is CC1(C)CC1CNS(=O)(=O)c1cc(F)ccc1N. The molecule has 1 aliphatic rings. The minimum absolute atomic E-state index is 0.0546. The first-order valence-corrected chi connectivity index (χ1v) is 7.25. The minimum atomic E-state index is -3.73. The predicted octanol–water partition coefficient (Wildman–Crippen LogP) is 1.73. The molecule has 1 atom stereocenters. The van der Waals surface area contributed by atoms with Crippen LogP contribution in [-0.4, -0.2) is 15.0 Å². The van der Waals surface area contributed by atoms with Crippen LogP contribution in [0.15, 0.2) is 23.1 Å². The molecule has 18 heavy (non-hydrogen) atoms. The van der Waals surface area contributed by atoms with Gasteiger partial charge in [0.2, 0.25) is 10.0 Å². The molecule has 3 N–H and O–H groups in total. The van der Waals surface area contributed by atoms with E-state index in [-0.39, 0.29) is 16.0 Å². The number of halogens is 1. The van der Waals surface area contributed by atoms with Crippen molar-refractivity contribution in [3.63, 3.8) is 0 Å². The highest BCUT2D eigenvalue weighted by molar-refractivity contribution is 7.89. The standard InChI is InChI=1S/C12H17FN2O2S/c1-12(2)6-8(12)7-15-18(16,17)11-5-9(13)3-4-10(11)14/h3-5,8,15H,6-7,14H2,1-2H3. The molecule has 4 nitrogen and oxygen atoms in total. The number of anilines is 1. The summed E-state index contributed by atoms with van der Waals surface area (Å²) in [6.07, 6.45) is 0.994. The molecular formula is C12H17FN2O2S. The van der Waals surface area contributed by atoms with E-state index in [0.29, 0.717) is 12.5 Å². The van der Waals surface area contributed by atoms with Crippen molar-refractivity contribution in [1.82, 2.24) is 4.72 Å². The fraction of sp³-hybridized carbons (Fsp3) is 0.500. The second kappa shape index (κ2) is 4.20. The van der Waals surface area contributed by atoms with Gasteiger partial charge in [0.05, 0.1) is 5.69 Å². The number of rotatable bonds is 4. The molecule has 2 rings (SSSR count). The Kier molecular flexibility index (Phi) is 3.11. The Balaban J connectivity index is 2.13. The summed E-state index contributed by atoms with van der Waals surface area (Å²) in [5.74, 6) is -0.279. The molecule has 1 unspecified atom stereocenters. The average Bonchev–Trinajstić information content (AvgIpc) is 2.87. The van der Waals surface area contributed by atoms with Gasteiger partial charge in [-0.1, -0.05) is 13.8 Å². The summed E-state index contributed by atoms with van der Waals surface area (Å²) in [5.41, 5.74) is 5.81. The highest BCUT2D eigenvalue weighted by Gasteiger charge is 2.45. The third-order valence-corrected chi connectivity index (χ3v) is 4.98. The first-order valence-electron chi connectivity index (χ1n) is 5.77. The Morgan fingerprint density at radius 1 is 1.50 bits per heavy atom. The third-order valence-electron chi connectivity index (χ3n) is 3.50. The van der Waals surface area contributed by atoms with Crippen LogP contribution in [0, 0.1) is 17.2 Å². The average molecular weight is 272 g/mol. The minimum Gasteiger partial charge on any atom is -0.398 e. The van der Waals surface area contributed by atoms with Crippen molar-refractivity contribution in [2.24, 2.45) is 11.3 Å². The number of sulfonamides is 1. The van der Waals surface area contributed by atoms with Crippen molar-refractivity contribution >= 4 is 15.7 Å². The topological polar surface area (TPSA) is 72.2 Å². The molecule has 0 saturated heterocycles. The smallest absolute Gasteiger partial charge is 0.242 e. The molecular weight excluding hydrogens is 255 g/mol. The Bertz CT molecular complexity index is 569. The summed E-state index contributed by atoms with van der Waals surface area (Å²) in [4.78, 5) is -0.194. The maximum absolute atomic E-state index is 13.1. The molecule has 0 bridgehead atoms. The fourth-order valence-electron chi connectivity index (χ4n) is 1.95. The summed E-state index contributed by atoms with van der Waals surface area (Å²) in [5, 5.41) is 0. The molecule has 1 fully saturated rings. The summed E-state index contributed by atoms with van der Waals surface area (Å²) >= 11 is 0. The molecule has 6 heteroatoms. The number of nitrogen functional groups attached to an aromatic ring is 1. The van der Waals surface area contributed by atoms with Gasteiger partial charge in [0, 0.05) is 6.54 Å². The first-order chi connectivity index (χ1) is 8.22. The van der Waals surface area contributed by atoms with Gasteiger partial charge < -0.3 is 5.73 Å². The molecule has 1 aromatic rings. The third kappa shape index (κ3) is 2.64. The van der Waals surface area contributed by atoms with Crippen LogP contribution in [0.5, 0.6) is 0 Å². The van der Waals surface area contributed by atoms with Gasteiger partial charge in [-0.2, -0.15) is 0 Å². The van der Waals surface area contributed by atoms with Crippen LogP contribution in [0.2, 0.25) is 0 Å². The van der Waals surface area contributed by atoms with Crippen molar-refractivity contribution in [1.29, 1.82) is 0 Å². The Labute approximate surface area is 106 Å². The Morgan fingerprint density at radius 3 is 2.67 bits per heavy atom. The van der Waals surface area contributed by atoms with Crippen LogP contribution in [0.25, 0.3) is 0 Å². The van der Waals surface area contributed by atoms with Crippen LogP contribution in [0.3, 0.4) is 0 Å². The molecule has 0 heterocycles. The van der Waals surface area contributed by atoms with Gasteiger partial charge in [0.1, 0.15) is 10.7 Å². The maximum atomic E-state index is 13.1. The lowest BCUT2D eigenvalue weighted by molar-refractivity contribution is 0.537. The van der Waals surface area contributed by atoms with Crippen LogP contribution in [0.1, 0.15) is 20.3 Å². The van der Waals surface area contributed by atoms with Crippen molar-refractivity contribution in [3.05, 3.63) is 24.0 Å². The zero-order valence-electron chi connectivity index (χ0n) is 10.4. The molecule has 0 amide bonds. The van der Waals surface area contributed by atoms with E-state index in [1.807, 2.05) is 0 Å². The molecule has 1 aromatic carbocycles. The van der Waals surface area contributed by atoms with Gasteiger partial charge in [-0.25, -0.2) is 17.5 Å². The summed E-state index contributed by atoms with van der Waals surface area (Å²) in [6.45, 7) is 4.54. The maximum Gasteiger partial charge on any atom is 0.242 e. The molecule has 0 spiro atoms. The number of nitrogens with one attached hydrogen (secondary N) is 1. The van der Waals surface area contributed by atoms with E-state index in [4.69, 9.17) is 5.73 Å². The van der Waals surface area contributed by atoms with Crippen LogP contribution in [-0.2, 0) is 10.0 Å². The number of nitrogens with two attached hydrogens (primary N) is 1. The van der Waals surface area contributed by atoms with E-state index in [1.54, 1.807) is 0 Å². The lowest BCUT2D eigenvalue weighted by Gasteiger charge is -2.09. The van der Waals surface area contributed by atoms with Crippen LogP contribution in [0.4, 0.5) is 10.1 Å². The first kappa shape index (κ1) is 13.3. The van der Waals surface area contributed by atoms with Gasteiger partial charge in [-0.15, -0.1) is 0 Å². The van der Waals surface area contributed by atoms with Gasteiger partial charge >= 0.3 is 0 Å². The summed E-state index contributed by atoms with van der Waals surface area (Å²) < 4.78 is 39.5. The van der Waals surface area contributed by atoms with Crippen molar-refractivity contribution in [3.8, 4) is 0 Å². The number of hydrogen-bond donors (Lipinski definition) is 2. The van der Waals surface area contributed by atoms with Gasteiger partial charge in [-0.3, -0.25) is 0 Å². The normalized spacial score (nSPS) is 21.8. The Hall–Kier alpha value is -1.14. The van der Waals surface area contributed by atoms with E-state index in [2.05, 4.69) is 18.6 Å². The van der Waals surface area contributed by atoms with Crippen molar-refractivity contribution in [2.75, 3.05) is 12.3 Å². The molecule has 1 saturated carbocycles. The highest BCUT2D eigenvalue weighted by Crippen LogP contribution is 2.51. The quantitative estimate of drug-likeness (QED) is 0.820. The molecule has 1 aliphatic carbocycles. The van der Waals surface area contributed by atoms with E-state index in [0.717, 1.165) is 18.6 Å². The molecule has 100 valence electrons. The van der Waals surface area contributed by atoms with Gasteiger partial charge in [0.25, 0.3) is 0 Å². The molecule has 0 radical (unpaired) electrons. The monoisotopic (exact) mass is 272 g/mol. The zero-order chi connectivity index (χ0) is 13.6. The van der Waals surface area contributed by atoms with Gasteiger partial charge in [-0.05, 0) is 36.0 Å². The van der Waals surface area contributed by atoms with Crippen LogP contribution >= 0.6 is 0 Å². The van der Waals surface area contributed by atoms with E-state index >= 15 is 0 Å². The number of hydrogen-bond acceptors (Lipinski definition) is 3. The predicted molar refractivity (Wildman–Crippen MR) is 67.9 cm³/mol.